The Morgan fingerprint density at radius 1 is 1.35 bits per heavy atom. The monoisotopic (exact) mass is 377 g/mol. The molecule has 0 bridgehead atoms. The summed E-state index contributed by atoms with van der Waals surface area (Å²) in [6, 6.07) is 9.24. The van der Waals surface area contributed by atoms with E-state index >= 15 is 0 Å². The van der Waals surface area contributed by atoms with Gasteiger partial charge < -0.3 is 4.42 Å². The maximum absolute atomic E-state index is 11.9. The molecule has 1 aliphatic heterocycles. The van der Waals surface area contributed by atoms with Gasteiger partial charge >= 0.3 is 0 Å². The van der Waals surface area contributed by atoms with Crippen LogP contribution < -0.4 is 5.43 Å². The lowest BCUT2D eigenvalue weighted by molar-refractivity contribution is -0.384. The molecule has 1 fully saturated rings. The number of nitro benzene ring substituents is 1. The van der Waals surface area contributed by atoms with Gasteiger partial charge in [0.15, 0.2) is 9.84 Å². The van der Waals surface area contributed by atoms with Crippen LogP contribution in [0, 0.1) is 16.0 Å². The number of sulfone groups is 1. The number of benzene rings is 1. The fourth-order valence-corrected chi connectivity index (χ4v) is 4.34. The highest BCUT2D eigenvalue weighted by Gasteiger charge is 2.32. The van der Waals surface area contributed by atoms with Crippen LogP contribution >= 0.6 is 0 Å². The van der Waals surface area contributed by atoms with E-state index in [1.54, 1.807) is 24.3 Å². The lowest BCUT2D eigenvalue weighted by Crippen LogP contribution is -2.27. The van der Waals surface area contributed by atoms with E-state index in [-0.39, 0.29) is 17.2 Å². The largest absolute Gasteiger partial charge is 0.455 e. The number of rotatable bonds is 5. The third-order valence-electron chi connectivity index (χ3n) is 3.94. The van der Waals surface area contributed by atoms with Gasteiger partial charge in [-0.1, -0.05) is 12.1 Å². The highest BCUT2D eigenvalue weighted by molar-refractivity contribution is 7.91. The van der Waals surface area contributed by atoms with Gasteiger partial charge in [-0.3, -0.25) is 14.9 Å². The van der Waals surface area contributed by atoms with Crippen LogP contribution in [0.1, 0.15) is 12.2 Å². The summed E-state index contributed by atoms with van der Waals surface area (Å²) in [6.07, 6.45) is 1.57. The molecule has 2 aromatic rings. The third-order valence-corrected chi connectivity index (χ3v) is 5.71. The Balaban J connectivity index is 1.63. The Labute approximate surface area is 148 Å². The van der Waals surface area contributed by atoms with E-state index in [9.17, 15) is 23.3 Å². The molecule has 0 spiro atoms. The third kappa shape index (κ3) is 4.14. The van der Waals surface area contributed by atoms with Crippen LogP contribution in [0.25, 0.3) is 11.3 Å². The summed E-state index contributed by atoms with van der Waals surface area (Å²) in [5.74, 6) is -0.429. The maximum atomic E-state index is 11.9. The molecule has 0 radical (unpaired) electrons. The number of carbonyl (C=O) groups excluding carboxylic acids is 1. The standard InChI is InChI=1S/C16H15N3O6S/c20-16(12-6-7-26(23,24)10-12)18-17-9-14-4-5-15(25-14)11-2-1-3-13(8-11)19(21)22/h1-5,8-9,12H,6-7,10H2,(H,18,20)/b17-9-/t12-/m0/s1. The van der Waals surface area contributed by atoms with E-state index in [2.05, 4.69) is 10.5 Å². The molecule has 0 aliphatic carbocycles. The van der Waals surface area contributed by atoms with Crippen molar-refractivity contribution in [2.45, 2.75) is 6.42 Å². The van der Waals surface area contributed by atoms with Gasteiger partial charge in [-0.25, -0.2) is 13.8 Å². The van der Waals surface area contributed by atoms with Crippen molar-refractivity contribution in [3.8, 4) is 11.3 Å². The number of hydrogen-bond donors (Lipinski definition) is 1. The number of hydrazone groups is 1. The smallest absolute Gasteiger partial charge is 0.270 e. The zero-order valence-electron chi connectivity index (χ0n) is 13.5. The summed E-state index contributed by atoms with van der Waals surface area (Å²) >= 11 is 0. The van der Waals surface area contributed by atoms with Gasteiger partial charge in [-0.15, -0.1) is 0 Å². The van der Waals surface area contributed by atoms with Crippen molar-refractivity contribution in [3.05, 3.63) is 52.3 Å². The minimum Gasteiger partial charge on any atom is -0.455 e. The number of non-ortho nitro benzene ring substituents is 1. The Kier molecular flexibility index (Phi) is 4.85. The van der Waals surface area contributed by atoms with Gasteiger partial charge in [0.1, 0.15) is 11.5 Å². The predicted octanol–water partition coefficient (Wildman–Crippen LogP) is 1.74. The fraction of sp³-hybridized carbons (Fsp3) is 0.250. The van der Waals surface area contributed by atoms with Gasteiger partial charge in [0, 0.05) is 17.7 Å². The highest BCUT2D eigenvalue weighted by atomic mass is 32.2. The van der Waals surface area contributed by atoms with E-state index in [0.717, 1.165) is 0 Å². The van der Waals surface area contributed by atoms with Crippen LogP contribution in [0.15, 0.2) is 45.9 Å². The fourth-order valence-electron chi connectivity index (χ4n) is 2.60. The van der Waals surface area contributed by atoms with Crippen molar-refractivity contribution in [1.82, 2.24) is 5.43 Å². The van der Waals surface area contributed by atoms with Crippen LogP contribution in [-0.2, 0) is 14.6 Å². The lowest BCUT2D eigenvalue weighted by atomic mass is 10.1. The second-order valence-corrected chi connectivity index (χ2v) is 8.07. The molecular weight excluding hydrogens is 362 g/mol. The zero-order chi connectivity index (χ0) is 18.7. The quantitative estimate of drug-likeness (QED) is 0.479. The Bertz CT molecular complexity index is 979. The summed E-state index contributed by atoms with van der Waals surface area (Å²) in [5.41, 5.74) is 2.79. The van der Waals surface area contributed by atoms with Crippen LogP contribution in [0.5, 0.6) is 0 Å². The predicted molar refractivity (Wildman–Crippen MR) is 93.3 cm³/mol. The van der Waals surface area contributed by atoms with E-state index in [1.807, 2.05) is 0 Å². The van der Waals surface area contributed by atoms with Crippen molar-refractivity contribution < 1.29 is 22.6 Å². The minimum absolute atomic E-state index is 0.0134. The molecule has 0 saturated carbocycles. The normalized spacial score (nSPS) is 18.8. The molecule has 1 N–H and O–H groups in total. The van der Waals surface area contributed by atoms with Gasteiger partial charge in [0.05, 0.1) is 28.6 Å². The van der Waals surface area contributed by atoms with E-state index < -0.39 is 26.6 Å². The number of nitro groups is 1. The SMILES string of the molecule is O=C(N/N=C\c1ccc(-c2cccc([N+](=O)[O-])c2)o1)[C@H]1CCS(=O)(=O)C1. The summed E-state index contributed by atoms with van der Waals surface area (Å²) in [4.78, 5) is 22.2. The molecular formula is C16H15N3O6S. The molecule has 1 aromatic heterocycles. The molecule has 3 rings (SSSR count). The first-order chi connectivity index (χ1) is 12.3. The summed E-state index contributed by atoms with van der Waals surface area (Å²) in [7, 11) is -3.13. The first-order valence-electron chi connectivity index (χ1n) is 7.72. The molecule has 1 amide bonds. The van der Waals surface area contributed by atoms with E-state index in [0.29, 0.717) is 23.5 Å². The number of furan rings is 1. The summed E-state index contributed by atoms with van der Waals surface area (Å²) in [5, 5.41) is 14.6. The maximum Gasteiger partial charge on any atom is 0.270 e. The van der Waals surface area contributed by atoms with E-state index in [4.69, 9.17) is 4.42 Å². The number of amides is 1. The molecule has 136 valence electrons. The van der Waals surface area contributed by atoms with Crippen LogP contribution in [-0.4, -0.2) is 37.0 Å². The van der Waals surface area contributed by atoms with Crippen molar-refractivity contribution in [3.63, 3.8) is 0 Å². The summed E-state index contributed by atoms with van der Waals surface area (Å²) < 4.78 is 28.3. The molecule has 9 nitrogen and oxygen atoms in total. The van der Waals surface area contributed by atoms with Crippen LogP contribution in [0.2, 0.25) is 0 Å². The molecule has 1 aliphatic rings. The van der Waals surface area contributed by atoms with Gasteiger partial charge in [0.25, 0.3) is 5.69 Å². The second-order valence-electron chi connectivity index (χ2n) is 5.84. The minimum atomic E-state index is -3.13. The van der Waals surface area contributed by atoms with Crippen molar-refractivity contribution in [1.29, 1.82) is 0 Å². The second kappa shape index (κ2) is 7.08. The van der Waals surface area contributed by atoms with E-state index in [1.165, 1.54) is 18.3 Å². The molecule has 1 atom stereocenters. The lowest BCUT2D eigenvalue weighted by Gasteiger charge is -2.04. The Morgan fingerprint density at radius 3 is 2.85 bits per heavy atom. The van der Waals surface area contributed by atoms with Gasteiger partial charge in [-0.2, -0.15) is 5.10 Å². The molecule has 1 aromatic carbocycles. The number of carbonyl (C=O) groups is 1. The molecule has 0 unspecified atom stereocenters. The van der Waals surface area contributed by atoms with Crippen LogP contribution in [0.4, 0.5) is 5.69 Å². The van der Waals surface area contributed by atoms with Crippen molar-refractivity contribution in [2.75, 3.05) is 11.5 Å². The molecule has 26 heavy (non-hydrogen) atoms. The first kappa shape index (κ1) is 17.8. The highest BCUT2D eigenvalue weighted by Crippen LogP contribution is 2.25. The number of nitrogens with zero attached hydrogens (tertiary/aromatic N) is 2. The van der Waals surface area contributed by atoms with Crippen molar-refractivity contribution in [2.24, 2.45) is 11.0 Å². The van der Waals surface area contributed by atoms with Gasteiger partial charge in [-0.05, 0) is 18.6 Å². The molecule has 1 saturated heterocycles. The molecule has 2 heterocycles. The average Bonchev–Trinajstić information content (AvgIpc) is 3.21. The topological polar surface area (TPSA) is 132 Å². The van der Waals surface area contributed by atoms with Crippen LogP contribution in [0.3, 0.4) is 0 Å². The Morgan fingerprint density at radius 2 is 2.15 bits per heavy atom. The first-order valence-corrected chi connectivity index (χ1v) is 9.54. The average molecular weight is 377 g/mol. The van der Waals surface area contributed by atoms with Crippen molar-refractivity contribution >= 4 is 27.6 Å². The number of nitrogens with one attached hydrogen (secondary N) is 1. The summed E-state index contributed by atoms with van der Waals surface area (Å²) in [6.45, 7) is 0. The molecule has 10 heteroatoms. The number of hydrogen-bond acceptors (Lipinski definition) is 7. The van der Waals surface area contributed by atoms with Gasteiger partial charge in [0.2, 0.25) is 5.91 Å². The zero-order valence-corrected chi connectivity index (χ0v) is 14.3. The Hall–Kier alpha value is -3.01.